The van der Waals surface area contributed by atoms with Gasteiger partial charge in [0, 0.05) is 12.5 Å². The van der Waals surface area contributed by atoms with Gasteiger partial charge in [-0.3, -0.25) is 9.59 Å². The average molecular weight is 371 g/mol. The Bertz CT molecular complexity index is 738. The molecule has 0 fully saturated rings. The molecular formula is C21H25NO5. The molecule has 0 aliphatic rings. The summed E-state index contributed by atoms with van der Waals surface area (Å²) in [5.41, 5.74) is 1.80. The van der Waals surface area contributed by atoms with Crippen molar-refractivity contribution in [1.82, 2.24) is 5.32 Å². The van der Waals surface area contributed by atoms with Gasteiger partial charge in [0.05, 0.1) is 33.8 Å². The van der Waals surface area contributed by atoms with Gasteiger partial charge in [0.25, 0.3) is 0 Å². The molecule has 0 heterocycles. The molecule has 0 radical (unpaired) electrons. The molecule has 1 unspecified atom stereocenters. The number of methoxy groups -OCH3 is 3. The fourth-order valence-corrected chi connectivity index (χ4v) is 2.72. The number of ether oxygens (including phenoxy) is 3. The van der Waals surface area contributed by atoms with Crippen LogP contribution in [0.15, 0.2) is 48.5 Å². The van der Waals surface area contributed by atoms with Crippen molar-refractivity contribution in [2.75, 3.05) is 21.3 Å². The number of nitrogens with one attached hydrogen (secondary N) is 1. The Labute approximate surface area is 159 Å². The molecule has 0 saturated carbocycles. The first-order valence-corrected chi connectivity index (χ1v) is 8.68. The third-order valence-corrected chi connectivity index (χ3v) is 4.19. The molecule has 144 valence electrons. The van der Waals surface area contributed by atoms with Crippen LogP contribution in [0.5, 0.6) is 11.5 Å². The van der Waals surface area contributed by atoms with Gasteiger partial charge >= 0.3 is 5.97 Å². The molecule has 1 atom stereocenters. The lowest BCUT2D eigenvalue weighted by Gasteiger charge is -2.18. The molecule has 0 aliphatic heterocycles. The van der Waals surface area contributed by atoms with Gasteiger partial charge in [-0.1, -0.05) is 30.3 Å². The van der Waals surface area contributed by atoms with Crippen molar-refractivity contribution < 1.29 is 23.8 Å². The Morgan fingerprint density at radius 2 is 1.59 bits per heavy atom. The van der Waals surface area contributed by atoms with Crippen molar-refractivity contribution in [2.24, 2.45) is 0 Å². The summed E-state index contributed by atoms with van der Waals surface area (Å²) in [6, 6.07) is 14.5. The first kappa shape index (κ1) is 20.3. The predicted octanol–water partition coefficient (Wildman–Crippen LogP) is 3.06. The van der Waals surface area contributed by atoms with Gasteiger partial charge in [-0.2, -0.15) is 0 Å². The minimum Gasteiger partial charge on any atom is -0.497 e. The predicted molar refractivity (Wildman–Crippen MR) is 102 cm³/mol. The lowest BCUT2D eigenvalue weighted by Crippen LogP contribution is -2.30. The van der Waals surface area contributed by atoms with E-state index in [9.17, 15) is 9.59 Å². The maximum atomic E-state index is 12.5. The van der Waals surface area contributed by atoms with E-state index in [-0.39, 0.29) is 24.7 Å². The Balaban J connectivity index is 2.02. The van der Waals surface area contributed by atoms with Crippen molar-refractivity contribution in [3.05, 3.63) is 59.7 Å². The Hall–Kier alpha value is -3.02. The minimum atomic E-state index is -0.425. The largest absolute Gasteiger partial charge is 0.497 e. The van der Waals surface area contributed by atoms with Gasteiger partial charge in [0.1, 0.15) is 11.5 Å². The number of hydrogen-bond donors (Lipinski definition) is 1. The molecule has 0 aromatic heterocycles. The standard InChI is InChI=1S/C21H25NO5/c1-25-17-11-15(12-18(13-17)26-2)9-10-20(23)22-19(14-21(24)27-3)16-7-5-4-6-8-16/h4-8,11-13,19H,9-10,14H2,1-3H3,(H,22,23). The van der Waals surface area contributed by atoms with E-state index in [1.165, 1.54) is 7.11 Å². The maximum Gasteiger partial charge on any atom is 0.307 e. The van der Waals surface area contributed by atoms with Crippen molar-refractivity contribution in [2.45, 2.75) is 25.3 Å². The van der Waals surface area contributed by atoms with Crippen LogP contribution in [0.25, 0.3) is 0 Å². The highest BCUT2D eigenvalue weighted by atomic mass is 16.5. The highest BCUT2D eigenvalue weighted by molar-refractivity contribution is 5.78. The molecule has 27 heavy (non-hydrogen) atoms. The van der Waals surface area contributed by atoms with Crippen LogP contribution in [0.1, 0.15) is 30.0 Å². The number of carbonyl (C=O) groups excluding carboxylic acids is 2. The minimum absolute atomic E-state index is 0.0826. The summed E-state index contributed by atoms with van der Waals surface area (Å²) >= 11 is 0. The number of rotatable bonds is 9. The van der Waals surface area contributed by atoms with Gasteiger partial charge < -0.3 is 19.5 Å². The molecule has 0 bridgehead atoms. The summed E-state index contributed by atoms with van der Waals surface area (Å²) in [5, 5.41) is 2.92. The first-order chi connectivity index (χ1) is 13.0. The van der Waals surface area contributed by atoms with E-state index in [0.717, 1.165) is 11.1 Å². The summed E-state index contributed by atoms with van der Waals surface area (Å²) in [6.45, 7) is 0. The van der Waals surface area contributed by atoms with Gasteiger partial charge in [0.15, 0.2) is 0 Å². The molecule has 0 spiro atoms. The number of hydrogen-bond acceptors (Lipinski definition) is 5. The Morgan fingerprint density at radius 3 is 2.15 bits per heavy atom. The highest BCUT2D eigenvalue weighted by Crippen LogP contribution is 2.23. The van der Waals surface area contributed by atoms with E-state index in [2.05, 4.69) is 5.32 Å². The fraction of sp³-hybridized carbons (Fsp3) is 0.333. The molecular weight excluding hydrogens is 346 g/mol. The van der Waals surface area contributed by atoms with E-state index in [4.69, 9.17) is 14.2 Å². The van der Waals surface area contributed by atoms with Crippen LogP contribution in [0, 0.1) is 0 Å². The van der Waals surface area contributed by atoms with E-state index in [0.29, 0.717) is 17.9 Å². The maximum absolute atomic E-state index is 12.5. The van der Waals surface area contributed by atoms with Crippen molar-refractivity contribution in [3.8, 4) is 11.5 Å². The van der Waals surface area contributed by atoms with Crippen LogP contribution in [0.4, 0.5) is 0 Å². The molecule has 6 heteroatoms. The fourth-order valence-electron chi connectivity index (χ4n) is 2.72. The van der Waals surface area contributed by atoms with Gasteiger partial charge in [-0.25, -0.2) is 0 Å². The van der Waals surface area contributed by atoms with Gasteiger partial charge in [-0.05, 0) is 29.7 Å². The highest BCUT2D eigenvalue weighted by Gasteiger charge is 2.18. The lowest BCUT2D eigenvalue weighted by atomic mass is 10.0. The quantitative estimate of drug-likeness (QED) is 0.686. The van der Waals surface area contributed by atoms with E-state index in [1.54, 1.807) is 20.3 Å². The number of benzene rings is 2. The van der Waals surface area contributed by atoms with E-state index >= 15 is 0 Å². The second-order valence-corrected chi connectivity index (χ2v) is 6.03. The van der Waals surface area contributed by atoms with E-state index < -0.39 is 6.04 Å². The van der Waals surface area contributed by atoms with Crippen LogP contribution < -0.4 is 14.8 Å². The van der Waals surface area contributed by atoms with Crippen molar-refractivity contribution in [3.63, 3.8) is 0 Å². The molecule has 6 nitrogen and oxygen atoms in total. The number of carbonyl (C=O) groups is 2. The molecule has 1 amide bonds. The van der Waals surface area contributed by atoms with E-state index in [1.807, 2.05) is 42.5 Å². The monoisotopic (exact) mass is 371 g/mol. The molecule has 2 aromatic carbocycles. The SMILES string of the molecule is COC(=O)CC(NC(=O)CCc1cc(OC)cc(OC)c1)c1ccccc1. The van der Waals surface area contributed by atoms with Gasteiger partial charge in [-0.15, -0.1) is 0 Å². The average Bonchev–Trinajstić information content (AvgIpc) is 2.71. The zero-order valence-corrected chi connectivity index (χ0v) is 15.9. The first-order valence-electron chi connectivity index (χ1n) is 8.68. The summed E-state index contributed by atoms with van der Waals surface area (Å²) in [6.07, 6.45) is 0.888. The lowest BCUT2D eigenvalue weighted by molar-refractivity contribution is -0.141. The summed E-state index contributed by atoms with van der Waals surface area (Å²) < 4.78 is 15.2. The zero-order valence-electron chi connectivity index (χ0n) is 15.9. The smallest absolute Gasteiger partial charge is 0.307 e. The third kappa shape index (κ3) is 6.33. The van der Waals surface area contributed by atoms with Crippen LogP contribution in [0.2, 0.25) is 0 Å². The molecule has 2 rings (SSSR count). The third-order valence-electron chi connectivity index (χ3n) is 4.19. The number of esters is 1. The Morgan fingerprint density at radius 1 is 0.963 bits per heavy atom. The molecule has 2 aromatic rings. The molecule has 0 aliphatic carbocycles. The van der Waals surface area contributed by atoms with Gasteiger partial charge in [0.2, 0.25) is 5.91 Å². The van der Waals surface area contributed by atoms with Crippen molar-refractivity contribution in [1.29, 1.82) is 0 Å². The topological polar surface area (TPSA) is 73.9 Å². The Kier molecular flexibility index (Phi) is 7.67. The normalized spacial score (nSPS) is 11.4. The second kappa shape index (κ2) is 10.2. The van der Waals surface area contributed by atoms with Crippen LogP contribution >= 0.6 is 0 Å². The molecule has 1 N–H and O–H groups in total. The summed E-state index contributed by atoms with van der Waals surface area (Å²) in [7, 11) is 4.51. The van der Waals surface area contributed by atoms with Crippen LogP contribution in [-0.4, -0.2) is 33.2 Å². The van der Waals surface area contributed by atoms with Crippen LogP contribution in [-0.2, 0) is 20.7 Å². The molecule has 0 saturated heterocycles. The summed E-state index contributed by atoms with van der Waals surface area (Å²) in [5.74, 6) is 0.839. The second-order valence-electron chi connectivity index (χ2n) is 6.03. The van der Waals surface area contributed by atoms with Crippen LogP contribution in [0.3, 0.4) is 0 Å². The number of amides is 1. The zero-order chi connectivity index (χ0) is 19.6. The number of aryl methyl sites for hydroxylation is 1. The van der Waals surface area contributed by atoms with Crippen molar-refractivity contribution >= 4 is 11.9 Å². The summed E-state index contributed by atoms with van der Waals surface area (Å²) in [4.78, 5) is 24.1.